The fourth-order valence-corrected chi connectivity index (χ4v) is 3.36. The number of nitrogens with zero attached hydrogens (tertiary/aromatic N) is 2. The van der Waals surface area contributed by atoms with Crippen molar-refractivity contribution in [3.63, 3.8) is 0 Å². The van der Waals surface area contributed by atoms with E-state index in [0.29, 0.717) is 17.7 Å². The molecule has 0 bridgehead atoms. The van der Waals surface area contributed by atoms with Crippen molar-refractivity contribution in [2.75, 3.05) is 6.54 Å². The monoisotopic (exact) mass is 361 g/mol. The molecule has 1 aromatic carbocycles. The first-order chi connectivity index (χ1) is 11.2. The zero-order valence-corrected chi connectivity index (χ0v) is 13.9. The van der Waals surface area contributed by atoms with Gasteiger partial charge in [0.25, 0.3) is 0 Å². The summed E-state index contributed by atoms with van der Waals surface area (Å²) in [6.07, 6.45) is -4.14. The number of alkyl halides is 3. The van der Waals surface area contributed by atoms with Gasteiger partial charge < -0.3 is 0 Å². The molecule has 132 valence electrons. The lowest BCUT2D eigenvalue weighted by Crippen LogP contribution is -2.27. The van der Waals surface area contributed by atoms with Gasteiger partial charge in [0, 0.05) is 18.8 Å². The van der Waals surface area contributed by atoms with E-state index in [1.54, 1.807) is 30.3 Å². The second-order valence-corrected chi connectivity index (χ2v) is 7.19. The van der Waals surface area contributed by atoms with Crippen LogP contribution in [0.3, 0.4) is 0 Å². The predicted molar refractivity (Wildman–Crippen MR) is 83.7 cm³/mol. The van der Waals surface area contributed by atoms with Gasteiger partial charge in [-0.3, -0.25) is 4.68 Å². The highest BCUT2D eigenvalue weighted by Gasteiger charge is 2.34. The van der Waals surface area contributed by atoms with Crippen LogP contribution in [0, 0.1) is 6.92 Å². The Hall–Kier alpha value is -1.87. The summed E-state index contributed by atoms with van der Waals surface area (Å²) in [4.78, 5) is 0. The van der Waals surface area contributed by atoms with Crippen LogP contribution in [0.15, 0.2) is 36.4 Å². The molecule has 0 spiro atoms. The van der Waals surface area contributed by atoms with E-state index in [4.69, 9.17) is 0 Å². The second-order valence-electron chi connectivity index (χ2n) is 5.38. The van der Waals surface area contributed by atoms with Gasteiger partial charge in [-0.2, -0.15) is 18.3 Å². The molecule has 0 aliphatic rings. The van der Waals surface area contributed by atoms with Crippen molar-refractivity contribution in [1.82, 2.24) is 14.5 Å². The first-order valence-electron chi connectivity index (χ1n) is 7.30. The maximum absolute atomic E-state index is 12.6. The average molecular weight is 361 g/mol. The minimum atomic E-state index is -4.48. The van der Waals surface area contributed by atoms with Gasteiger partial charge in [0.05, 0.1) is 5.75 Å². The van der Waals surface area contributed by atoms with Gasteiger partial charge in [0.1, 0.15) is 0 Å². The highest BCUT2D eigenvalue weighted by Crippen LogP contribution is 2.28. The van der Waals surface area contributed by atoms with Crippen LogP contribution in [0.4, 0.5) is 13.2 Å². The number of benzene rings is 1. The maximum atomic E-state index is 12.6. The number of aromatic nitrogens is 2. The average Bonchev–Trinajstić information content (AvgIpc) is 2.86. The van der Waals surface area contributed by atoms with Gasteiger partial charge in [-0.15, -0.1) is 0 Å². The third-order valence-corrected chi connectivity index (χ3v) is 4.70. The Kier molecular flexibility index (Phi) is 5.66. The molecular formula is C15H18F3N3O2S. The number of nitrogens with one attached hydrogen (secondary N) is 1. The molecule has 0 fully saturated rings. The summed E-state index contributed by atoms with van der Waals surface area (Å²) < 4.78 is 65.2. The molecule has 2 aromatic rings. The van der Waals surface area contributed by atoms with Crippen molar-refractivity contribution in [2.45, 2.75) is 31.8 Å². The lowest BCUT2D eigenvalue weighted by atomic mass is 10.2. The van der Waals surface area contributed by atoms with Gasteiger partial charge in [0.2, 0.25) is 10.0 Å². The number of sulfonamides is 1. The Labute approximate surface area is 138 Å². The largest absolute Gasteiger partial charge is 0.435 e. The Balaban J connectivity index is 1.83. The van der Waals surface area contributed by atoms with Crippen molar-refractivity contribution < 1.29 is 21.6 Å². The SMILES string of the molecule is Cc1cc(C(F)(F)F)nn1CCCNS(=O)(=O)Cc1ccccc1. The Morgan fingerprint density at radius 3 is 2.46 bits per heavy atom. The van der Waals surface area contributed by atoms with E-state index >= 15 is 0 Å². The molecule has 0 radical (unpaired) electrons. The predicted octanol–water partition coefficient (Wildman–Crippen LogP) is 2.72. The molecule has 1 heterocycles. The van der Waals surface area contributed by atoms with Crippen molar-refractivity contribution >= 4 is 10.0 Å². The quantitative estimate of drug-likeness (QED) is 0.772. The maximum Gasteiger partial charge on any atom is 0.435 e. The van der Waals surface area contributed by atoms with Crippen molar-refractivity contribution in [3.8, 4) is 0 Å². The van der Waals surface area contributed by atoms with E-state index in [1.807, 2.05) is 0 Å². The molecule has 0 amide bonds. The van der Waals surface area contributed by atoms with Crippen molar-refractivity contribution in [2.24, 2.45) is 0 Å². The Bertz CT molecular complexity index is 771. The summed E-state index contributed by atoms with van der Waals surface area (Å²) in [5, 5.41) is 3.50. The lowest BCUT2D eigenvalue weighted by Gasteiger charge is -2.08. The lowest BCUT2D eigenvalue weighted by molar-refractivity contribution is -0.141. The van der Waals surface area contributed by atoms with E-state index < -0.39 is 21.9 Å². The van der Waals surface area contributed by atoms with Crippen LogP contribution in [-0.4, -0.2) is 24.7 Å². The van der Waals surface area contributed by atoms with Crippen molar-refractivity contribution in [3.05, 3.63) is 53.3 Å². The molecule has 0 aliphatic carbocycles. The summed E-state index contributed by atoms with van der Waals surface area (Å²) in [6, 6.07) is 9.70. The third-order valence-electron chi connectivity index (χ3n) is 3.34. The fraction of sp³-hybridized carbons (Fsp3) is 0.400. The fourth-order valence-electron chi connectivity index (χ4n) is 2.18. The normalized spacial score (nSPS) is 12.5. The molecule has 0 saturated heterocycles. The number of halogens is 3. The zero-order valence-electron chi connectivity index (χ0n) is 13.0. The van der Waals surface area contributed by atoms with Crippen LogP contribution in [0.5, 0.6) is 0 Å². The van der Waals surface area contributed by atoms with Crippen LogP contribution in [-0.2, 0) is 28.5 Å². The van der Waals surface area contributed by atoms with Crippen LogP contribution in [0.2, 0.25) is 0 Å². The molecule has 1 N–H and O–H groups in total. The molecule has 0 unspecified atom stereocenters. The van der Waals surface area contributed by atoms with Gasteiger partial charge in [-0.25, -0.2) is 13.1 Å². The number of hydrogen-bond donors (Lipinski definition) is 1. The van der Waals surface area contributed by atoms with Crippen LogP contribution < -0.4 is 4.72 Å². The molecule has 9 heteroatoms. The van der Waals surface area contributed by atoms with Gasteiger partial charge in [0.15, 0.2) is 5.69 Å². The minimum absolute atomic E-state index is 0.132. The van der Waals surface area contributed by atoms with Gasteiger partial charge in [-0.05, 0) is 25.0 Å². The summed E-state index contributed by atoms with van der Waals surface area (Å²) in [6.45, 7) is 1.87. The van der Waals surface area contributed by atoms with E-state index in [-0.39, 0.29) is 18.8 Å². The molecule has 0 atom stereocenters. The number of rotatable bonds is 7. The molecule has 0 aliphatic heterocycles. The minimum Gasteiger partial charge on any atom is -0.269 e. The van der Waals surface area contributed by atoms with Crippen molar-refractivity contribution in [1.29, 1.82) is 0 Å². The topological polar surface area (TPSA) is 64.0 Å². The van der Waals surface area contributed by atoms with Crippen LogP contribution >= 0.6 is 0 Å². The number of hydrogen-bond acceptors (Lipinski definition) is 3. The summed E-state index contributed by atoms with van der Waals surface area (Å²) in [5.74, 6) is -0.132. The second kappa shape index (κ2) is 7.35. The first-order valence-corrected chi connectivity index (χ1v) is 8.95. The molecule has 2 rings (SSSR count). The Morgan fingerprint density at radius 2 is 1.88 bits per heavy atom. The van der Waals surface area contributed by atoms with E-state index in [2.05, 4.69) is 9.82 Å². The smallest absolute Gasteiger partial charge is 0.269 e. The summed E-state index contributed by atoms with van der Waals surface area (Å²) in [5.41, 5.74) is 0.113. The van der Waals surface area contributed by atoms with Gasteiger partial charge in [-0.1, -0.05) is 30.3 Å². The zero-order chi connectivity index (χ0) is 17.8. The molecular weight excluding hydrogens is 343 g/mol. The highest BCUT2D eigenvalue weighted by atomic mass is 32.2. The Morgan fingerprint density at radius 1 is 1.21 bits per heavy atom. The summed E-state index contributed by atoms with van der Waals surface area (Å²) >= 11 is 0. The van der Waals surface area contributed by atoms with E-state index in [0.717, 1.165) is 6.07 Å². The standard InChI is InChI=1S/C15H18F3N3O2S/c1-12-10-14(15(16,17)18)20-21(12)9-5-8-19-24(22,23)11-13-6-3-2-4-7-13/h2-4,6-7,10,19H,5,8-9,11H2,1H3. The number of aryl methyl sites for hydroxylation is 2. The molecule has 24 heavy (non-hydrogen) atoms. The van der Waals surface area contributed by atoms with E-state index in [1.165, 1.54) is 11.6 Å². The van der Waals surface area contributed by atoms with Crippen LogP contribution in [0.1, 0.15) is 23.4 Å². The van der Waals surface area contributed by atoms with Gasteiger partial charge >= 0.3 is 6.18 Å². The van der Waals surface area contributed by atoms with Crippen LogP contribution in [0.25, 0.3) is 0 Å². The summed E-state index contributed by atoms with van der Waals surface area (Å²) in [7, 11) is -3.48. The highest BCUT2D eigenvalue weighted by molar-refractivity contribution is 7.88. The molecule has 5 nitrogen and oxygen atoms in total. The first kappa shape index (κ1) is 18.5. The molecule has 0 saturated carbocycles. The molecule has 1 aromatic heterocycles. The van der Waals surface area contributed by atoms with E-state index in [9.17, 15) is 21.6 Å². The third kappa shape index (κ3) is 5.34.